The van der Waals surface area contributed by atoms with Gasteiger partial charge in [0, 0.05) is 11.3 Å². The van der Waals surface area contributed by atoms with Crippen molar-refractivity contribution in [2.75, 3.05) is 0 Å². The number of carbonyl (C=O) groups is 1. The minimum Gasteiger partial charge on any atom is -0.451 e. The van der Waals surface area contributed by atoms with Gasteiger partial charge in [-0.3, -0.25) is 4.79 Å². The third kappa shape index (κ3) is 3.01. The average Bonchev–Trinajstić information content (AvgIpc) is 2.29. The smallest absolute Gasteiger partial charge is 0.307 e. The van der Waals surface area contributed by atoms with Gasteiger partial charge in [0.1, 0.15) is 0 Å². The van der Waals surface area contributed by atoms with Gasteiger partial charge in [-0.2, -0.15) is 0 Å². The van der Waals surface area contributed by atoms with Crippen molar-refractivity contribution in [3.8, 4) is 0 Å². The first-order chi connectivity index (χ1) is 7.78. The Morgan fingerprint density at radius 3 is 2.81 bits per heavy atom. The van der Waals surface area contributed by atoms with Crippen molar-refractivity contribution in [3.05, 3.63) is 30.3 Å². The van der Waals surface area contributed by atoms with E-state index in [0.717, 1.165) is 17.7 Å². The maximum absolute atomic E-state index is 11.4. The van der Waals surface area contributed by atoms with Crippen molar-refractivity contribution < 1.29 is 9.53 Å². The van der Waals surface area contributed by atoms with E-state index in [4.69, 9.17) is 4.74 Å². The van der Waals surface area contributed by atoms with E-state index in [1.54, 1.807) is 11.8 Å². The largest absolute Gasteiger partial charge is 0.451 e. The standard InChI is InChI=1S/C13H16O2S/c1-2-10-8-12(14)15-13(9-10)16-11-6-4-3-5-7-11/h3-7,10,13H,2,8-9H2,1H3/t10-,13-/m0/s1. The predicted molar refractivity (Wildman–Crippen MR) is 65.2 cm³/mol. The van der Waals surface area contributed by atoms with Crippen molar-refractivity contribution in [1.82, 2.24) is 0 Å². The van der Waals surface area contributed by atoms with Gasteiger partial charge in [0.15, 0.2) is 5.44 Å². The third-order valence-corrected chi connectivity index (χ3v) is 3.93. The summed E-state index contributed by atoms with van der Waals surface area (Å²) in [6, 6.07) is 10.1. The van der Waals surface area contributed by atoms with Crippen LogP contribution in [0.2, 0.25) is 0 Å². The molecule has 0 aromatic heterocycles. The topological polar surface area (TPSA) is 26.3 Å². The van der Waals surface area contributed by atoms with Crippen molar-refractivity contribution >= 4 is 17.7 Å². The highest BCUT2D eigenvalue weighted by Crippen LogP contribution is 2.34. The third-order valence-electron chi connectivity index (χ3n) is 2.83. The van der Waals surface area contributed by atoms with Crippen LogP contribution >= 0.6 is 11.8 Å². The van der Waals surface area contributed by atoms with E-state index in [0.29, 0.717) is 12.3 Å². The summed E-state index contributed by atoms with van der Waals surface area (Å²) < 4.78 is 5.35. The molecule has 0 N–H and O–H groups in total. The van der Waals surface area contributed by atoms with Gasteiger partial charge in [-0.25, -0.2) is 0 Å². The SMILES string of the molecule is CC[C@H]1CC(=O)O[C@@H](Sc2ccccc2)C1. The molecule has 1 aliphatic rings. The van der Waals surface area contributed by atoms with Gasteiger partial charge in [0.05, 0.1) is 0 Å². The lowest BCUT2D eigenvalue weighted by Gasteiger charge is -2.27. The highest BCUT2D eigenvalue weighted by Gasteiger charge is 2.27. The molecule has 16 heavy (non-hydrogen) atoms. The molecule has 1 heterocycles. The molecule has 3 heteroatoms. The van der Waals surface area contributed by atoms with Crippen LogP contribution in [0.5, 0.6) is 0 Å². The van der Waals surface area contributed by atoms with Crippen LogP contribution < -0.4 is 0 Å². The van der Waals surface area contributed by atoms with Gasteiger partial charge in [-0.15, -0.1) is 0 Å². The van der Waals surface area contributed by atoms with E-state index in [9.17, 15) is 4.79 Å². The summed E-state index contributed by atoms with van der Waals surface area (Å²) in [6.45, 7) is 2.13. The molecule has 0 unspecified atom stereocenters. The van der Waals surface area contributed by atoms with E-state index >= 15 is 0 Å². The van der Waals surface area contributed by atoms with E-state index in [-0.39, 0.29) is 11.4 Å². The average molecular weight is 236 g/mol. The summed E-state index contributed by atoms with van der Waals surface area (Å²) in [4.78, 5) is 12.6. The van der Waals surface area contributed by atoms with E-state index < -0.39 is 0 Å². The Morgan fingerprint density at radius 1 is 1.38 bits per heavy atom. The molecule has 2 nitrogen and oxygen atoms in total. The van der Waals surface area contributed by atoms with Gasteiger partial charge < -0.3 is 4.74 Å². The Hall–Kier alpha value is -0.960. The van der Waals surface area contributed by atoms with E-state index in [1.165, 1.54) is 0 Å². The monoisotopic (exact) mass is 236 g/mol. The van der Waals surface area contributed by atoms with Crippen LogP contribution in [-0.2, 0) is 9.53 Å². The zero-order chi connectivity index (χ0) is 11.4. The lowest BCUT2D eigenvalue weighted by atomic mass is 9.97. The molecule has 1 fully saturated rings. The van der Waals surface area contributed by atoms with Gasteiger partial charge in [-0.1, -0.05) is 43.3 Å². The summed E-state index contributed by atoms with van der Waals surface area (Å²) in [5.41, 5.74) is -0.00593. The van der Waals surface area contributed by atoms with Crippen LogP contribution in [0, 0.1) is 5.92 Å². The number of thioether (sulfide) groups is 1. The van der Waals surface area contributed by atoms with Crippen LogP contribution in [0.1, 0.15) is 26.2 Å². The molecular formula is C13H16O2S. The molecule has 0 bridgehead atoms. The molecule has 0 saturated carbocycles. The fourth-order valence-corrected chi connectivity index (χ4v) is 3.01. The number of rotatable bonds is 3. The normalized spacial score (nSPS) is 25.2. The first kappa shape index (κ1) is 11.5. The highest BCUT2D eigenvalue weighted by molar-refractivity contribution is 7.99. The molecule has 0 amide bonds. The Labute approximate surface area is 100 Å². The van der Waals surface area contributed by atoms with Crippen LogP contribution in [0.15, 0.2) is 35.2 Å². The lowest BCUT2D eigenvalue weighted by Crippen LogP contribution is -2.27. The number of cyclic esters (lactones) is 1. The fraction of sp³-hybridized carbons (Fsp3) is 0.462. The second-order valence-electron chi connectivity index (χ2n) is 4.06. The summed E-state index contributed by atoms with van der Waals surface area (Å²) in [6.07, 6.45) is 2.62. The maximum atomic E-state index is 11.4. The van der Waals surface area contributed by atoms with Crippen LogP contribution in [0.4, 0.5) is 0 Å². The molecular weight excluding hydrogens is 220 g/mol. The lowest BCUT2D eigenvalue weighted by molar-refractivity contribution is -0.151. The summed E-state index contributed by atoms with van der Waals surface area (Å²) in [5.74, 6) is 0.439. The predicted octanol–water partition coefficient (Wildman–Crippen LogP) is 3.47. The molecule has 2 rings (SSSR count). The van der Waals surface area contributed by atoms with E-state index in [2.05, 4.69) is 6.92 Å². The van der Waals surface area contributed by atoms with Crippen LogP contribution in [0.3, 0.4) is 0 Å². The van der Waals surface area contributed by atoms with Gasteiger partial charge in [-0.05, 0) is 24.5 Å². The molecule has 1 aromatic carbocycles. The Bertz CT molecular complexity index is 350. The van der Waals surface area contributed by atoms with Crippen LogP contribution in [0.25, 0.3) is 0 Å². The van der Waals surface area contributed by atoms with Gasteiger partial charge >= 0.3 is 5.97 Å². The quantitative estimate of drug-likeness (QED) is 0.752. The molecule has 1 aromatic rings. The first-order valence-electron chi connectivity index (χ1n) is 5.69. The summed E-state index contributed by atoms with van der Waals surface area (Å²) in [7, 11) is 0. The molecule has 0 spiro atoms. The fourth-order valence-electron chi connectivity index (χ4n) is 1.87. The molecule has 2 atom stereocenters. The van der Waals surface area contributed by atoms with Crippen molar-refractivity contribution in [3.63, 3.8) is 0 Å². The minimum atomic E-state index is -0.0495. The number of hydrogen-bond donors (Lipinski definition) is 0. The zero-order valence-corrected chi connectivity index (χ0v) is 10.2. The zero-order valence-electron chi connectivity index (χ0n) is 9.39. The molecule has 0 aliphatic carbocycles. The van der Waals surface area contributed by atoms with Gasteiger partial charge in [0.2, 0.25) is 0 Å². The number of benzene rings is 1. The van der Waals surface area contributed by atoms with Crippen molar-refractivity contribution in [1.29, 1.82) is 0 Å². The Kier molecular flexibility index (Phi) is 3.88. The first-order valence-corrected chi connectivity index (χ1v) is 6.57. The second kappa shape index (κ2) is 5.39. The summed E-state index contributed by atoms with van der Waals surface area (Å²) >= 11 is 1.64. The maximum Gasteiger partial charge on any atom is 0.307 e. The van der Waals surface area contributed by atoms with Crippen molar-refractivity contribution in [2.24, 2.45) is 5.92 Å². The molecule has 1 saturated heterocycles. The number of hydrogen-bond acceptors (Lipinski definition) is 3. The van der Waals surface area contributed by atoms with Gasteiger partial charge in [0.25, 0.3) is 0 Å². The Balaban J connectivity index is 1.97. The second-order valence-corrected chi connectivity index (χ2v) is 5.30. The Morgan fingerprint density at radius 2 is 2.12 bits per heavy atom. The van der Waals surface area contributed by atoms with Crippen LogP contribution in [-0.4, -0.2) is 11.4 Å². The molecule has 0 radical (unpaired) electrons. The van der Waals surface area contributed by atoms with Crippen molar-refractivity contribution in [2.45, 2.75) is 36.5 Å². The minimum absolute atomic E-state index is 0.00593. The highest BCUT2D eigenvalue weighted by atomic mass is 32.2. The molecule has 86 valence electrons. The number of ether oxygens (including phenoxy) is 1. The molecule has 1 aliphatic heterocycles. The summed E-state index contributed by atoms with van der Waals surface area (Å²) in [5, 5.41) is 0. The van der Waals surface area contributed by atoms with E-state index in [1.807, 2.05) is 30.3 Å². The number of carbonyl (C=O) groups excluding carboxylic acids is 1. The number of esters is 1.